The molecule has 0 fully saturated rings. The third-order valence-corrected chi connectivity index (χ3v) is 16.0. The Morgan fingerprint density at radius 3 is 1.07 bits per heavy atom. The van der Waals surface area contributed by atoms with Gasteiger partial charge in [-0.25, -0.2) is 0 Å². The van der Waals surface area contributed by atoms with E-state index in [1.165, 1.54) is 126 Å². The highest BCUT2D eigenvalue weighted by Crippen LogP contribution is 2.43. The van der Waals surface area contributed by atoms with Crippen molar-refractivity contribution in [1.29, 1.82) is 0 Å². The van der Waals surface area contributed by atoms with Gasteiger partial charge < -0.3 is 13.9 Å². The number of nitrogens with zero attached hydrogens (tertiary/aromatic N) is 3. The molecule has 0 saturated heterocycles. The van der Waals surface area contributed by atoms with Crippen LogP contribution in [-0.2, 0) is 0 Å². The van der Waals surface area contributed by atoms with Gasteiger partial charge in [0, 0.05) is 55.1 Å². The highest BCUT2D eigenvalue weighted by atomic mass is 15.1. The molecule has 3 nitrogen and oxygen atoms in total. The summed E-state index contributed by atoms with van der Waals surface area (Å²) in [6, 6.07) is 101. The molecule has 13 aromatic carbocycles. The van der Waals surface area contributed by atoms with E-state index in [0.717, 1.165) is 22.7 Å². The third kappa shape index (κ3) is 6.35. The summed E-state index contributed by atoms with van der Waals surface area (Å²) < 4.78 is 4.82. The first kappa shape index (κ1) is 41.6. The minimum Gasteiger partial charge on any atom is -0.311 e. The summed E-state index contributed by atoms with van der Waals surface area (Å²) in [4.78, 5) is 2.38. The van der Waals surface area contributed by atoms with Crippen molar-refractivity contribution in [1.82, 2.24) is 8.97 Å². The molecule has 0 bridgehead atoms. The van der Waals surface area contributed by atoms with E-state index in [2.05, 4.69) is 287 Å². The monoisotopic (exact) mass is 951 g/mol. The number of benzene rings is 13. The Hall–Kier alpha value is -9.96. The van der Waals surface area contributed by atoms with Crippen LogP contribution in [0.4, 0.5) is 17.1 Å². The first-order valence-electron chi connectivity index (χ1n) is 25.9. The van der Waals surface area contributed by atoms with Crippen LogP contribution in [0.5, 0.6) is 0 Å². The van der Waals surface area contributed by atoms with Crippen molar-refractivity contribution in [2.24, 2.45) is 0 Å². The van der Waals surface area contributed by atoms with Gasteiger partial charge >= 0.3 is 0 Å². The Bertz CT molecular complexity index is 4820. The standard InChI is InChI=1S/C72H45N3/c1-2-14-58-56(12-1)57-13-3-4-15-59(57)66-44-50(32-42-60(58)66)48-28-36-53(37-29-48)73(52-34-24-46(25-35-52)47-26-40-55(41-27-47)74-68-21-8-5-16-61(68)62-17-6-9-22-69(62)74)54-38-30-49(31-39-54)51-33-43-71-67(45-51)65-20-11-19-64-63-18-7-10-23-70(63)75(71)72(64)65/h1-45H. The van der Waals surface area contributed by atoms with Crippen LogP contribution in [0.15, 0.2) is 273 Å². The fourth-order valence-electron chi connectivity index (χ4n) is 12.6. The van der Waals surface area contributed by atoms with Gasteiger partial charge in [-0.2, -0.15) is 0 Å². The molecule has 0 aliphatic heterocycles. The predicted octanol–water partition coefficient (Wildman–Crippen LogP) is 19.9. The summed E-state index contributed by atoms with van der Waals surface area (Å²) in [6.45, 7) is 0. The van der Waals surface area contributed by atoms with Gasteiger partial charge in [0.15, 0.2) is 0 Å². The second-order valence-corrected chi connectivity index (χ2v) is 20.0. The Kier molecular flexibility index (Phi) is 9.04. The van der Waals surface area contributed by atoms with Gasteiger partial charge in [-0.3, -0.25) is 0 Å². The number of hydrogen-bond donors (Lipinski definition) is 0. The number of para-hydroxylation sites is 4. The number of aromatic nitrogens is 2. The highest BCUT2D eigenvalue weighted by molar-refractivity contribution is 6.26. The van der Waals surface area contributed by atoms with E-state index in [-0.39, 0.29) is 0 Å². The molecule has 16 aromatic rings. The van der Waals surface area contributed by atoms with Crippen LogP contribution >= 0.6 is 0 Å². The largest absolute Gasteiger partial charge is 0.311 e. The van der Waals surface area contributed by atoms with E-state index in [9.17, 15) is 0 Å². The van der Waals surface area contributed by atoms with Crippen molar-refractivity contribution in [3.05, 3.63) is 273 Å². The summed E-state index contributed by atoms with van der Waals surface area (Å²) >= 11 is 0. The zero-order chi connectivity index (χ0) is 49.1. The van der Waals surface area contributed by atoms with Crippen LogP contribution in [-0.4, -0.2) is 8.97 Å². The van der Waals surface area contributed by atoms with E-state index in [4.69, 9.17) is 0 Å². The maximum Gasteiger partial charge on any atom is 0.0620 e. The lowest BCUT2D eigenvalue weighted by atomic mass is 9.92. The van der Waals surface area contributed by atoms with Gasteiger partial charge in [-0.1, -0.05) is 188 Å². The van der Waals surface area contributed by atoms with Crippen molar-refractivity contribution in [2.45, 2.75) is 0 Å². The van der Waals surface area contributed by atoms with Crippen LogP contribution in [0.25, 0.3) is 131 Å². The van der Waals surface area contributed by atoms with Gasteiger partial charge in [0.05, 0.1) is 27.6 Å². The topological polar surface area (TPSA) is 12.6 Å². The third-order valence-electron chi connectivity index (χ3n) is 16.0. The molecule has 3 heterocycles. The zero-order valence-electron chi connectivity index (χ0n) is 40.8. The van der Waals surface area contributed by atoms with Crippen LogP contribution in [0.3, 0.4) is 0 Å². The minimum absolute atomic E-state index is 1.09. The normalized spacial score (nSPS) is 12.0. The molecule has 348 valence electrons. The van der Waals surface area contributed by atoms with E-state index in [1.807, 2.05) is 0 Å². The number of rotatable bonds is 7. The van der Waals surface area contributed by atoms with Gasteiger partial charge in [0.2, 0.25) is 0 Å². The van der Waals surface area contributed by atoms with Gasteiger partial charge in [0.25, 0.3) is 0 Å². The first-order chi connectivity index (χ1) is 37.2. The van der Waals surface area contributed by atoms with Crippen molar-refractivity contribution in [3.8, 4) is 39.1 Å². The molecular weight excluding hydrogens is 907 g/mol. The SMILES string of the molecule is c1ccc2c(c1)c1ccccc1c1cc(-c3ccc(N(c4ccc(-c5ccc(-n6c7ccccc7c7ccccc76)cc5)cc4)c4ccc(-c5ccc6c(c5)c5cccc7c8ccccc8n6c75)cc4)cc3)ccc21. The fraction of sp³-hybridized carbons (Fsp3) is 0. The molecular formula is C72H45N3. The second kappa shape index (κ2) is 16.3. The van der Waals surface area contributed by atoms with Gasteiger partial charge in [-0.05, 0) is 151 Å². The molecule has 0 radical (unpaired) electrons. The lowest BCUT2D eigenvalue weighted by Gasteiger charge is -2.26. The summed E-state index contributed by atoms with van der Waals surface area (Å²) in [5.74, 6) is 0. The molecule has 0 spiro atoms. The van der Waals surface area contributed by atoms with Crippen molar-refractivity contribution >= 4 is 109 Å². The van der Waals surface area contributed by atoms with Crippen LogP contribution in [0, 0.1) is 0 Å². The molecule has 3 heteroatoms. The predicted molar refractivity (Wildman–Crippen MR) is 319 cm³/mol. The summed E-state index contributed by atoms with van der Waals surface area (Å²) in [5.41, 5.74) is 17.7. The minimum atomic E-state index is 1.09. The molecule has 0 unspecified atom stereocenters. The Labute approximate surface area is 433 Å². The summed E-state index contributed by atoms with van der Waals surface area (Å²) in [7, 11) is 0. The second-order valence-electron chi connectivity index (χ2n) is 20.0. The number of hydrogen-bond acceptors (Lipinski definition) is 1. The Morgan fingerprint density at radius 2 is 0.547 bits per heavy atom. The summed E-state index contributed by atoms with van der Waals surface area (Å²) in [5, 5.41) is 15.4. The molecule has 16 rings (SSSR count). The zero-order valence-corrected chi connectivity index (χ0v) is 40.8. The molecule has 0 saturated carbocycles. The van der Waals surface area contributed by atoms with Crippen LogP contribution < -0.4 is 4.90 Å². The van der Waals surface area contributed by atoms with E-state index in [1.54, 1.807) is 0 Å². The Morgan fingerprint density at radius 1 is 0.213 bits per heavy atom. The van der Waals surface area contributed by atoms with E-state index in [0.29, 0.717) is 0 Å². The maximum atomic E-state index is 2.45. The molecule has 0 N–H and O–H groups in total. The quantitative estimate of drug-likeness (QED) is 0.145. The van der Waals surface area contributed by atoms with Crippen molar-refractivity contribution in [3.63, 3.8) is 0 Å². The molecule has 0 aliphatic carbocycles. The Balaban J connectivity index is 0.771. The molecule has 3 aromatic heterocycles. The number of anilines is 3. The van der Waals surface area contributed by atoms with E-state index < -0.39 is 0 Å². The molecule has 75 heavy (non-hydrogen) atoms. The summed E-state index contributed by atoms with van der Waals surface area (Å²) in [6.07, 6.45) is 0. The average molecular weight is 952 g/mol. The lowest BCUT2D eigenvalue weighted by Crippen LogP contribution is -2.09. The fourth-order valence-corrected chi connectivity index (χ4v) is 12.6. The number of fused-ring (bicyclic) bond motifs is 15. The van der Waals surface area contributed by atoms with Crippen molar-refractivity contribution < 1.29 is 0 Å². The van der Waals surface area contributed by atoms with Crippen LogP contribution in [0.1, 0.15) is 0 Å². The highest BCUT2D eigenvalue weighted by Gasteiger charge is 2.19. The van der Waals surface area contributed by atoms with Gasteiger partial charge in [0.1, 0.15) is 0 Å². The van der Waals surface area contributed by atoms with Gasteiger partial charge in [-0.15, -0.1) is 0 Å². The smallest absolute Gasteiger partial charge is 0.0620 e. The van der Waals surface area contributed by atoms with E-state index >= 15 is 0 Å². The lowest BCUT2D eigenvalue weighted by molar-refractivity contribution is 1.18. The molecule has 0 amide bonds. The first-order valence-corrected chi connectivity index (χ1v) is 25.9. The van der Waals surface area contributed by atoms with Crippen LogP contribution in [0.2, 0.25) is 0 Å². The average Bonchev–Trinajstić information content (AvgIpc) is 4.14. The molecule has 0 aliphatic rings. The van der Waals surface area contributed by atoms with Crippen molar-refractivity contribution in [2.75, 3.05) is 4.90 Å². The maximum absolute atomic E-state index is 2.45. The molecule has 0 atom stereocenters.